The van der Waals surface area contributed by atoms with Gasteiger partial charge in [0.05, 0.1) is 6.10 Å². The summed E-state index contributed by atoms with van der Waals surface area (Å²) in [6.07, 6.45) is 0.714. The predicted molar refractivity (Wildman–Crippen MR) is 55.9 cm³/mol. The third-order valence-electron chi connectivity index (χ3n) is 1.67. The number of halogens is 1. The van der Waals surface area contributed by atoms with Crippen LogP contribution in [0.4, 0.5) is 0 Å². The molecular formula is C10H13BrO2. The molecule has 1 unspecified atom stereocenters. The molecule has 13 heavy (non-hydrogen) atoms. The first-order valence-corrected chi connectivity index (χ1v) is 5.05. The topological polar surface area (TPSA) is 29.5 Å². The lowest BCUT2D eigenvalue weighted by Crippen LogP contribution is -2.13. The highest BCUT2D eigenvalue weighted by Gasteiger charge is 2.02. The second kappa shape index (κ2) is 5.25. The molecule has 0 aliphatic heterocycles. The van der Waals surface area contributed by atoms with E-state index < -0.39 is 0 Å². The number of hydrogen-bond donors (Lipinski definition) is 1. The van der Waals surface area contributed by atoms with Crippen molar-refractivity contribution in [2.45, 2.75) is 19.4 Å². The average Bonchev–Trinajstić information content (AvgIpc) is 2.04. The van der Waals surface area contributed by atoms with E-state index >= 15 is 0 Å². The Kier molecular flexibility index (Phi) is 4.25. The lowest BCUT2D eigenvalue weighted by atomic mass is 10.3. The molecule has 0 heterocycles. The maximum Gasteiger partial charge on any atom is 0.120 e. The molecule has 1 aromatic rings. The van der Waals surface area contributed by atoms with Gasteiger partial charge in [0.25, 0.3) is 0 Å². The highest BCUT2D eigenvalue weighted by molar-refractivity contribution is 9.10. The smallest absolute Gasteiger partial charge is 0.120 e. The first-order valence-electron chi connectivity index (χ1n) is 4.25. The van der Waals surface area contributed by atoms with E-state index in [9.17, 15) is 0 Å². The van der Waals surface area contributed by atoms with Crippen LogP contribution in [0.3, 0.4) is 0 Å². The first-order chi connectivity index (χ1) is 6.22. The summed E-state index contributed by atoms with van der Waals surface area (Å²) < 4.78 is 6.55. The van der Waals surface area contributed by atoms with Gasteiger partial charge in [-0.15, -0.1) is 0 Å². The van der Waals surface area contributed by atoms with Crippen molar-refractivity contribution in [3.05, 3.63) is 28.7 Å². The van der Waals surface area contributed by atoms with Gasteiger partial charge >= 0.3 is 0 Å². The molecule has 0 aliphatic carbocycles. The molecule has 0 radical (unpaired) electrons. The van der Waals surface area contributed by atoms with E-state index in [2.05, 4.69) is 15.9 Å². The van der Waals surface area contributed by atoms with E-state index in [4.69, 9.17) is 9.84 Å². The fourth-order valence-electron chi connectivity index (χ4n) is 1.01. The van der Waals surface area contributed by atoms with Crippen molar-refractivity contribution in [1.82, 2.24) is 0 Å². The fourth-order valence-corrected chi connectivity index (χ4v) is 1.39. The van der Waals surface area contributed by atoms with Crippen LogP contribution in [0, 0.1) is 0 Å². The average molecular weight is 245 g/mol. The zero-order valence-electron chi connectivity index (χ0n) is 7.53. The second-order valence-corrected chi connectivity index (χ2v) is 3.81. The normalized spacial score (nSPS) is 12.5. The maximum atomic E-state index is 8.68. The van der Waals surface area contributed by atoms with Crippen molar-refractivity contribution in [2.24, 2.45) is 0 Å². The lowest BCUT2D eigenvalue weighted by Gasteiger charge is -2.13. The molecule has 0 aromatic heterocycles. The largest absolute Gasteiger partial charge is 0.491 e. The Hall–Kier alpha value is -0.540. The zero-order valence-corrected chi connectivity index (χ0v) is 9.12. The number of hydrogen-bond acceptors (Lipinski definition) is 2. The molecule has 0 aliphatic rings. The van der Waals surface area contributed by atoms with E-state index in [1.807, 2.05) is 31.2 Å². The Labute approximate surface area is 86.7 Å². The van der Waals surface area contributed by atoms with Crippen LogP contribution >= 0.6 is 15.9 Å². The van der Waals surface area contributed by atoms with E-state index in [0.717, 1.165) is 10.2 Å². The van der Waals surface area contributed by atoms with Gasteiger partial charge < -0.3 is 9.84 Å². The van der Waals surface area contributed by atoms with Crippen molar-refractivity contribution < 1.29 is 9.84 Å². The summed E-state index contributed by atoms with van der Waals surface area (Å²) >= 11 is 3.36. The molecular weight excluding hydrogens is 232 g/mol. The van der Waals surface area contributed by atoms with Gasteiger partial charge in [-0.1, -0.05) is 22.0 Å². The summed E-state index contributed by atoms with van der Waals surface area (Å²) in [7, 11) is 0. The van der Waals surface area contributed by atoms with E-state index in [1.54, 1.807) is 0 Å². The molecule has 3 heteroatoms. The standard InChI is InChI=1S/C10H13BrO2/c1-8(5-6-12)13-10-4-2-3-9(11)7-10/h2-4,7-8,12H,5-6H2,1H3. The lowest BCUT2D eigenvalue weighted by molar-refractivity contribution is 0.169. The first kappa shape index (κ1) is 10.5. The zero-order chi connectivity index (χ0) is 9.68. The number of ether oxygens (including phenoxy) is 1. The monoisotopic (exact) mass is 244 g/mol. The van der Waals surface area contributed by atoms with Crippen LogP contribution in [0.2, 0.25) is 0 Å². The molecule has 1 aromatic carbocycles. The Morgan fingerprint density at radius 2 is 2.31 bits per heavy atom. The minimum absolute atomic E-state index is 0.0549. The van der Waals surface area contributed by atoms with Gasteiger partial charge in [-0.25, -0.2) is 0 Å². The predicted octanol–water partition coefficient (Wildman–Crippen LogP) is 2.60. The van der Waals surface area contributed by atoms with Crippen LogP contribution in [0.5, 0.6) is 5.75 Å². The van der Waals surface area contributed by atoms with Gasteiger partial charge in [0, 0.05) is 17.5 Å². The molecule has 0 amide bonds. The number of benzene rings is 1. The van der Waals surface area contributed by atoms with Crippen LogP contribution in [-0.4, -0.2) is 17.8 Å². The van der Waals surface area contributed by atoms with Crippen molar-refractivity contribution in [3.63, 3.8) is 0 Å². The molecule has 1 N–H and O–H groups in total. The third-order valence-corrected chi connectivity index (χ3v) is 2.16. The van der Waals surface area contributed by atoms with E-state index in [-0.39, 0.29) is 12.7 Å². The Balaban J connectivity index is 2.53. The molecule has 2 nitrogen and oxygen atoms in total. The van der Waals surface area contributed by atoms with E-state index in [0.29, 0.717) is 6.42 Å². The highest BCUT2D eigenvalue weighted by Crippen LogP contribution is 2.19. The third kappa shape index (κ3) is 3.79. The summed E-state index contributed by atoms with van der Waals surface area (Å²) in [5.74, 6) is 0.829. The number of rotatable bonds is 4. The summed E-state index contributed by atoms with van der Waals surface area (Å²) in [4.78, 5) is 0. The van der Waals surface area contributed by atoms with Crippen LogP contribution in [0.15, 0.2) is 28.7 Å². The van der Waals surface area contributed by atoms with Crippen LogP contribution in [0.1, 0.15) is 13.3 Å². The summed E-state index contributed by atoms with van der Waals surface area (Å²) in [6, 6.07) is 7.68. The Morgan fingerprint density at radius 1 is 1.54 bits per heavy atom. The van der Waals surface area contributed by atoms with Crippen molar-refractivity contribution >= 4 is 15.9 Å². The summed E-state index contributed by atoms with van der Waals surface area (Å²) in [5.41, 5.74) is 0. The van der Waals surface area contributed by atoms with Crippen molar-refractivity contribution in [3.8, 4) is 5.75 Å². The second-order valence-electron chi connectivity index (χ2n) is 2.90. The van der Waals surface area contributed by atoms with Crippen LogP contribution in [-0.2, 0) is 0 Å². The van der Waals surface area contributed by atoms with Crippen LogP contribution in [0.25, 0.3) is 0 Å². The number of aliphatic hydroxyl groups is 1. The summed E-state index contributed by atoms with van der Waals surface area (Å²) in [5, 5.41) is 8.68. The minimum Gasteiger partial charge on any atom is -0.491 e. The fraction of sp³-hybridized carbons (Fsp3) is 0.400. The molecule has 1 rings (SSSR count). The maximum absolute atomic E-state index is 8.68. The molecule has 0 saturated heterocycles. The van der Waals surface area contributed by atoms with Gasteiger partial charge in [-0.2, -0.15) is 0 Å². The van der Waals surface area contributed by atoms with Gasteiger partial charge in [0.1, 0.15) is 5.75 Å². The quantitative estimate of drug-likeness (QED) is 0.883. The van der Waals surface area contributed by atoms with E-state index in [1.165, 1.54) is 0 Å². The molecule has 0 saturated carbocycles. The SMILES string of the molecule is CC(CCO)Oc1cccc(Br)c1. The summed E-state index contributed by atoms with van der Waals surface area (Å²) in [6.45, 7) is 2.10. The number of aliphatic hydroxyl groups excluding tert-OH is 1. The Morgan fingerprint density at radius 3 is 2.92 bits per heavy atom. The van der Waals surface area contributed by atoms with Crippen LogP contribution < -0.4 is 4.74 Å². The van der Waals surface area contributed by atoms with Gasteiger partial charge in [-0.05, 0) is 25.1 Å². The Bertz CT molecular complexity index is 263. The minimum atomic E-state index is 0.0549. The van der Waals surface area contributed by atoms with Gasteiger partial charge in [0.2, 0.25) is 0 Å². The van der Waals surface area contributed by atoms with Crippen molar-refractivity contribution in [2.75, 3.05) is 6.61 Å². The van der Waals surface area contributed by atoms with Crippen molar-refractivity contribution in [1.29, 1.82) is 0 Å². The van der Waals surface area contributed by atoms with Gasteiger partial charge in [0.15, 0.2) is 0 Å². The molecule has 1 atom stereocenters. The molecule has 0 fully saturated rings. The molecule has 72 valence electrons. The molecule has 0 spiro atoms. The highest BCUT2D eigenvalue weighted by atomic mass is 79.9. The van der Waals surface area contributed by atoms with Gasteiger partial charge in [-0.3, -0.25) is 0 Å². The molecule has 0 bridgehead atoms.